The molecule has 2 aliphatic rings. The van der Waals surface area contributed by atoms with E-state index in [-0.39, 0.29) is 0 Å². The highest BCUT2D eigenvalue weighted by molar-refractivity contribution is 4.98. The van der Waals surface area contributed by atoms with E-state index in [4.69, 9.17) is 0 Å². The minimum atomic E-state index is 0.328. The summed E-state index contributed by atoms with van der Waals surface area (Å²) in [4.78, 5) is 0. The quantitative estimate of drug-likeness (QED) is 0.699. The van der Waals surface area contributed by atoms with Gasteiger partial charge in [-0.05, 0) is 25.7 Å². The molecule has 2 rings (SSSR count). The molecule has 1 saturated carbocycles. The first kappa shape index (κ1) is 11.2. The highest BCUT2D eigenvalue weighted by Crippen LogP contribution is 2.23. The normalized spacial score (nSPS) is 33.1. The predicted molar refractivity (Wildman–Crippen MR) is 62.7 cm³/mol. The monoisotopic (exact) mass is 209 g/mol. The lowest BCUT2D eigenvalue weighted by Gasteiger charge is -2.33. The second kappa shape index (κ2) is 5.66. The summed E-state index contributed by atoms with van der Waals surface area (Å²) >= 11 is 0. The van der Waals surface area contributed by atoms with E-state index in [1.165, 1.54) is 32.1 Å². The number of aliphatic hydroxyl groups is 1. The highest BCUT2D eigenvalue weighted by atomic mass is 16.3. The maximum Gasteiger partial charge on any atom is 0.0477 e. The van der Waals surface area contributed by atoms with Crippen molar-refractivity contribution in [3.05, 3.63) is 12.2 Å². The van der Waals surface area contributed by atoms with Gasteiger partial charge in [-0.3, -0.25) is 0 Å². The van der Waals surface area contributed by atoms with Crippen molar-refractivity contribution in [3.8, 4) is 0 Å². The lowest BCUT2D eigenvalue weighted by atomic mass is 9.87. The summed E-state index contributed by atoms with van der Waals surface area (Å²) in [5, 5.41) is 13.1. The zero-order chi connectivity index (χ0) is 10.5. The fourth-order valence-corrected chi connectivity index (χ4v) is 2.85. The van der Waals surface area contributed by atoms with Gasteiger partial charge >= 0.3 is 0 Å². The third kappa shape index (κ3) is 3.05. The Hall–Kier alpha value is -0.340. The van der Waals surface area contributed by atoms with Crippen molar-refractivity contribution < 1.29 is 5.11 Å². The van der Waals surface area contributed by atoms with E-state index < -0.39 is 0 Å². The van der Waals surface area contributed by atoms with Crippen LogP contribution in [0.2, 0.25) is 0 Å². The van der Waals surface area contributed by atoms with Crippen LogP contribution in [0.1, 0.15) is 44.9 Å². The lowest BCUT2D eigenvalue weighted by Crippen LogP contribution is -2.45. The fourth-order valence-electron chi connectivity index (χ4n) is 2.85. The van der Waals surface area contributed by atoms with Crippen LogP contribution in [0.5, 0.6) is 0 Å². The molecule has 0 heterocycles. The maximum absolute atomic E-state index is 9.32. The predicted octanol–water partition coefficient (Wildman–Crippen LogP) is 2.24. The van der Waals surface area contributed by atoms with Crippen LogP contribution < -0.4 is 5.32 Å². The van der Waals surface area contributed by atoms with Gasteiger partial charge in [0.05, 0.1) is 0 Å². The number of nitrogens with one attached hydrogen (secondary N) is 1. The number of allylic oxidation sites excluding steroid dienone is 1. The zero-order valence-corrected chi connectivity index (χ0v) is 9.49. The van der Waals surface area contributed by atoms with Crippen LogP contribution in [0.3, 0.4) is 0 Å². The molecule has 86 valence electrons. The van der Waals surface area contributed by atoms with E-state index in [2.05, 4.69) is 17.5 Å². The SMILES string of the molecule is OCC1CC=CCC1NC1CCCCC1. The summed E-state index contributed by atoms with van der Waals surface area (Å²) < 4.78 is 0. The average molecular weight is 209 g/mol. The summed E-state index contributed by atoms with van der Waals surface area (Å²) in [6.07, 6.45) is 13.4. The molecule has 2 heteroatoms. The van der Waals surface area contributed by atoms with E-state index in [1.54, 1.807) is 0 Å². The molecule has 2 unspecified atom stereocenters. The third-order valence-corrected chi connectivity index (χ3v) is 3.85. The minimum absolute atomic E-state index is 0.328. The van der Waals surface area contributed by atoms with Crippen LogP contribution in [-0.4, -0.2) is 23.8 Å². The molecule has 2 N–H and O–H groups in total. The van der Waals surface area contributed by atoms with Gasteiger partial charge in [-0.15, -0.1) is 0 Å². The van der Waals surface area contributed by atoms with E-state index in [0.29, 0.717) is 24.6 Å². The molecular weight excluding hydrogens is 186 g/mol. The van der Waals surface area contributed by atoms with Gasteiger partial charge in [0.25, 0.3) is 0 Å². The average Bonchev–Trinajstić information content (AvgIpc) is 2.31. The molecule has 2 aliphatic carbocycles. The van der Waals surface area contributed by atoms with Gasteiger partial charge < -0.3 is 10.4 Å². The van der Waals surface area contributed by atoms with Crippen LogP contribution in [0.4, 0.5) is 0 Å². The molecule has 0 aliphatic heterocycles. The Balaban J connectivity index is 1.83. The van der Waals surface area contributed by atoms with Crippen molar-refractivity contribution >= 4 is 0 Å². The van der Waals surface area contributed by atoms with E-state index in [1.807, 2.05) is 0 Å². The molecule has 0 saturated heterocycles. The van der Waals surface area contributed by atoms with Crippen molar-refractivity contribution in [1.29, 1.82) is 0 Å². The van der Waals surface area contributed by atoms with Gasteiger partial charge in [-0.25, -0.2) is 0 Å². The Morgan fingerprint density at radius 2 is 1.80 bits per heavy atom. The summed E-state index contributed by atoms with van der Waals surface area (Å²) in [6, 6.07) is 1.23. The molecule has 0 amide bonds. The Morgan fingerprint density at radius 1 is 1.07 bits per heavy atom. The topological polar surface area (TPSA) is 32.3 Å². The van der Waals surface area contributed by atoms with Crippen LogP contribution in [0.15, 0.2) is 12.2 Å². The molecule has 0 spiro atoms. The van der Waals surface area contributed by atoms with Gasteiger partial charge in [0.2, 0.25) is 0 Å². The maximum atomic E-state index is 9.32. The van der Waals surface area contributed by atoms with Crippen molar-refractivity contribution in [2.75, 3.05) is 6.61 Å². The Labute approximate surface area is 92.8 Å². The number of aliphatic hydroxyl groups excluding tert-OH is 1. The molecule has 1 fully saturated rings. The molecular formula is C13H23NO. The van der Waals surface area contributed by atoms with E-state index >= 15 is 0 Å². The summed E-state index contributed by atoms with van der Waals surface area (Å²) in [5.74, 6) is 0.442. The molecule has 15 heavy (non-hydrogen) atoms. The summed E-state index contributed by atoms with van der Waals surface area (Å²) in [5.41, 5.74) is 0. The summed E-state index contributed by atoms with van der Waals surface area (Å²) in [7, 11) is 0. The second-order valence-electron chi connectivity index (χ2n) is 4.99. The van der Waals surface area contributed by atoms with Gasteiger partial charge in [0.1, 0.15) is 0 Å². The molecule has 0 radical (unpaired) electrons. The van der Waals surface area contributed by atoms with Crippen molar-refractivity contribution in [2.24, 2.45) is 5.92 Å². The van der Waals surface area contributed by atoms with Crippen molar-refractivity contribution in [1.82, 2.24) is 5.32 Å². The molecule has 2 nitrogen and oxygen atoms in total. The largest absolute Gasteiger partial charge is 0.396 e. The number of rotatable bonds is 3. The molecule has 0 bridgehead atoms. The van der Waals surface area contributed by atoms with Crippen molar-refractivity contribution in [3.63, 3.8) is 0 Å². The fraction of sp³-hybridized carbons (Fsp3) is 0.846. The van der Waals surface area contributed by atoms with Gasteiger partial charge in [0.15, 0.2) is 0 Å². The van der Waals surface area contributed by atoms with Crippen molar-refractivity contribution in [2.45, 2.75) is 57.0 Å². The molecule has 2 atom stereocenters. The van der Waals surface area contributed by atoms with E-state index in [9.17, 15) is 5.11 Å². The standard InChI is InChI=1S/C13H23NO/c15-10-11-6-4-5-9-13(11)14-12-7-2-1-3-8-12/h4-5,11-15H,1-3,6-10H2. The van der Waals surface area contributed by atoms with Gasteiger partial charge in [0, 0.05) is 24.6 Å². The number of hydrogen-bond donors (Lipinski definition) is 2. The number of hydrogen-bond acceptors (Lipinski definition) is 2. The summed E-state index contributed by atoms with van der Waals surface area (Å²) in [6.45, 7) is 0.328. The van der Waals surface area contributed by atoms with E-state index in [0.717, 1.165) is 12.8 Å². The highest BCUT2D eigenvalue weighted by Gasteiger charge is 2.24. The first-order valence-electron chi connectivity index (χ1n) is 6.42. The zero-order valence-electron chi connectivity index (χ0n) is 9.49. The molecule has 0 aromatic rings. The molecule has 0 aromatic heterocycles. The van der Waals surface area contributed by atoms with Crippen LogP contribution in [0.25, 0.3) is 0 Å². The van der Waals surface area contributed by atoms with Crippen LogP contribution in [-0.2, 0) is 0 Å². The first-order chi connectivity index (χ1) is 7.40. The minimum Gasteiger partial charge on any atom is -0.396 e. The third-order valence-electron chi connectivity index (χ3n) is 3.85. The smallest absolute Gasteiger partial charge is 0.0477 e. The van der Waals surface area contributed by atoms with Crippen LogP contribution >= 0.6 is 0 Å². The Bertz CT molecular complexity index is 209. The van der Waals surface area contributed by atoms with Gasteiger partial charge in [-0.2, -0.15) is 0 Å². The lowest BCUT2D eigenvalue weighted by molar-refractivity contribution is 0.172. The second-order valence-corrected chi connectivity index (χ2v) is 4.99. The molecule has 0 aromatic carbocycles. The Morgan fingerprint density at radius 3 is 2.53 bits per heavy atom. The first-order valence-corrected chi connectivity index (χ1v) is 6.42. The van der Waals surface area contributed by atoms with Gasteiger partial charge in [-0.1, -0.05) is 31.4 Å². The van der Waals surface area contributed by atoms with Crippen LogP contribution in [0, 0.1) is 5.92 Å². The Kier molecular flexibility index (Phi) is 4.21.